The molecule has 3 nitrogen and oxygen atoms in total. The van der Waals surface area contributed by atoms with Gasteiger partial charge in [-0.1, -0.05) is 6.92 Å². The summed E-state index contributed by atoms with van der Waals surface area (Å²) in [6.45, 7) is 7.12. The molecule has 3 atom stereocenters. The number of nitrogens with one attached hydrogen (secondary N) is 1. The number of hydrogen-bond donors (Lipinski definition) is 1. The predicted octanol–water partition coefficient (Wildman–Crippen LogP) is 2.08. The average Bonchev–Trinajstić information content (AvgIpc) is 2.91. The first-order valence-electron chi connectivity index (χ1n) is 6.49. The molecule has 2 aliphatic heterocycles. The molecule has 0 spiro atoms. The summed E-state index contributed by atoms with van der Waals surface area (Å²) in [6, 6.07) is 0.368. The third-order valence-electron chi connectivity index (χ3n) is 3.35. The number of hydrogen-bond acceptors (Lipinski definition) is 3. The molecule has 2 heterocycles. The number of ether oxygens (including phenoxy) is 2. The van der Waals surface area contributed by atoms with Gasteiger partial charge in [0.15, 0.2) is 0 Å². The van der Waals surface area contributed by atoms with Gasteiger partial charge in [0.25, 0.3) is 0 Å². The van der Waals surface area contributed by atoms with Gasteiger partial charge < -0.3 is 14.8 Å². The van der Waals surface area contributed by atoms with E-state index in [1.807, 2.05) is 0 Å². The van der Waals surface area contributed by atoms with Crippen molar-refractivity contribution in [2.45, 2.75) is 45.3 Å². The Bertz CT molecular complexity index is 252. The summed E-state index contributed by atoms with van der Waals surface area (Å²) in [4.78, 5) is 0. The van der Waals surface area contributed by atoms with Crippen LogP contribution in [-0.4, -0.2) is 31.9 Å². The smallest absolute Gasteiger partial charge is 0.109 e. The van der Waals surface area contributed by atoms with Crippen LogP contribution in [0, 0.1) is 5.92 Å². The summed E-state index contributed by atoms with van der Waals surface area (Å²) in [5.41, 5.74) is 0. The van der Waals surface area contributed by atoms with Crippen LogP contribution in [0.5, 0.6) is 0 Å². The van der Waals surface area contributed by atoms with Crippen molar-refractivity contribution >= 4 is 0 Å². The zero-order valence-electron chi connectivity index (χ0n) is 10.4. The maximum Gasteiger partial charge on any atom is 0.109 e. The minimum Gasteiger partial charge on any atom is -0.496 e. The van der Waals surface area contributed by atoms with E-state index < -0.39 is 0 Å². The largest absolute Gasteiger partial charge is 0.496 e. The molecule has 0 aromatic heterocycles. The van der Waals surface area contributed by atoms with Crippen LogP contribution in [0.2, 0.25) is 0 Å². The lowest BCUT2D eigenvalue weighted by Gasteiger charge is -2.24. The SMILES string of the molecule is CCCNC(C1=CCCO1)C1COC(C)C1. The van der Waals surface area contributed by atoms with Crippen LogP contribution in [0.4, 0.5) is 0 Å². The van der Waals surface area contributed by atoms with Crippen LogP contribution >= 0.6 is 0 Å². The average molecular weight is 225 g/mol. The Morgan fingerprint density at radius 1 is 1.56 bits per heavy atom. The zero-order chi connectivity index (χ0) is 11.4. The van der Waals surface area contributed by atoms with Crippen LogP contribution in [0.15, 0.2) is 11.8 Å². The lowest BCUT2D eigenvalue weighted by atomic mass is 9.95. The van der Waals surface area contributed by atoms with Crippen molar-refractivity contribution in [3.63, 3.8) is 0 Å². The quantitative estimate of drug-likeness (QED) is 0.777. The third-order valence-corrected chi connectivity index (χ3v) is 3.35. The van der Waals surface area contributed by atoms with E-state index in [-0.39, 0.29) is 0 Å². The molecule has 0 amide bonds. The third kappa shape index (κ3) is 2.77. The molecule has 2 aliphatic rings. The number of rotatable bonds is 5. The first-order valence-corrected chi connectivity index (χ1v) is 6.49. The fraction of sp³-hybridized carbons (Fsp3) is 0.846. The van der Waals surface area contributed by atoms with Gasteiger partial charge in [-0.3, -0.25) is 0 Å². The van der Waals surface area contributed by atoms with Crippen LogP contribution in [0.3, 0.4) is 0 Å². The van der Waals surface area contributed by atoms with Crippen molar-refractivity contribution in [2.75, 3.05) is 19.8 Å². The molecule has 0 aliphatic carbocycles. The second-order valence-corrected chi connectivity index (χ2v) is 4.82. The van der Waals surface area contributed by atoms with E-state index in [2.05, 4.69) is 25.2 Å². The summed E-state index contributed by atoms with van der Waals surface area (Å²) in [6.07, 6.45) is 5.99. The Morgan fingerprint density at radius 3 is 3.00 bits per heavy atom. The van der Waals surface area contributed by atoms with Gasteiger partial charge >= 0.3 is 0 Å². The molecule has 0 aromatic rings. The van der Waals surface area contributed by atoms with Crippen molar-refractivity contribution in [3.05, 3.63) is 11.8 Å². The first-order chi connectivity index (χ1) is 7.81. The molecule has 1 saturated heterocycles. The molecule has 1 N–H and O–H groups in total. The second kappa shape index (κ2) is 5.69. The van der Waals surface area contributed by atoms with E-state index in [0.717, 1.165) is 44.8 Å². The minimum atomic E-state index is 0.368. The molecule has 3 heteroatoms. The molecule has 0 radical (unpaired) electrons. The molecule has 1 fully saturated rings. The standard InChI is InChI=1S/C13H23NO2/c1-3-6-14-13(12-5-4-7-15-12)11-8-10(2)16-9-11/h5,10-11,13-14H,3-4,6-9H2,1-2H3. The van der Waals surface area contributed by atoms with Crippen molar-refractivity contribution in [1.82, 2.24) is 5.32 Å². The zero-order valence-corrected chi connectivity index (χ0v) is 10.4. The fourth-order valence-electron chi connectivity index (χ4n) is 2.54. The van der Waals surface area contributed by atoms with Gasteiger partial charge in [0, 0.05) is 12.3 Å². The Hall–Kier alpha value is -0.540. The van der Waals surface area contributed by atoms with E-state index in [9.17, 15) is 0 Å². The normalized spacial score (nSPS) is 31.2. The van der Waals surface area contributed by atoms with Gasteiger partial charge in [-0.15, -0.1) is 0 Å². The molecule has 2 rings (SSSR count). The van der Waals surface area contributed by atoms with Crippen LogP contribution in [0.1, 0.15) is 33.1 Å². The molecular weight excluding hydrogens is 202 g/mol. The van der Waals surface area contributed by atoms with E-state index in [1.165, 1.54) is 0 Å². The molecular formula is C13H23NO2. The molecule has 0 bridgehead atoms. The van der Waals surface area contributed by atoms with E-state index in [4.69, 9.17) is 9.47 Å². The van der Waals surface area contributed by atoms with Crippen molar-refractivity contribution in [2.24, 2.45) is 5.92 Å². The molecule has 3 unspecified atom stereocenters. The highest BCUT2D eigenvalue weighted by Crippen LogP contribution is 2.28. The van der Waals surface area contributed by atoms with Gasteiger partial charge in [-0.05, 0) is 32.4 Å². The molecule has 0 aromatic carbocycles. The van der Waals surface area contributed by atoms with E-state index in [1.54, 1.807) is 0 Å². The predicted molar refractivity (Wildman–Crippen MR) is 64.3 cm³/mol. The maximum atomic E-state index is 5.70. The maximum absolute atomic E-state index is 5.70. The van der Waals surface area contributed by atoms with Gasteiger partial charge in [0.2, 0.25) is 0 Å². The highest BCUT2D eigenvalue weighted by molar-refractivity contribution is 5.10. The Labute approximate surface area is 98.2 Å². The first kappa shape index (κ1) is 11.9. The van der Waals surface area contributed by atoms with Crippen molar-refractivity contribution < 1.29 is 9.47 Å². The van der Waals surface area contributed by atoms with Crippen molar-refractivity contribution in [1.29, 1.82) is 0 Å². The van der Waals surface area contributed by atoms with Gasteiger partial charge in [0.05, 0.1) is 25.4 Å². The molecule has 0 saturated carbocycles. The van der Waals surface area contributed by atoms with Crippen molar-refractivity contribution in [3.8, 4) is 0 Å². The Balaban J connectivity index is 1.96. The summed E-state index contributed by atoms with van der Waals surface area (Å²) < 4.78 is 11.4. The molecule has 92 valence electrons. The minimum absolute atomic E-state index is 0.368. The summed E-state index contributed by atoms with van der Waals surface area (Å²) in [7, 11) is 0. The summed E-state index contributed by atoms with van der Waals surface area (Å²) >= 11 is 0. The lowest BCUT2D eigenvalue weighted by Crippen LogP contribution is -2.39. The van der Waals surface area contributed by atoms with E-state index >= 15 is 0 Å². The van der Waals surface area contributed by atoms with E-state index in [0.29, 0.717) is 18.1 Å². The van der Waals surface area contributed by atoms with Gasteiger partial charge in [-0.2, -0.15) is 0 Å². The summed E-state index contributed by atoms with van der Waals surface area (Å²) in [5, 5.41) is 3.60. The fourth-order valence-corrected chi connectivity index (χ4v) is 2.54. The Kier molecular flexibility index (Phi) is 4.24. The second-order valence-electron chi connectivity index (χ2n) is 4.82. The van der Waals surface area contributed by atoms with Crippen LogP contribution in [0.25, 0.3) is 0 Å². The highest BCUT2D eigenvalue weighted by Gasteiger charge is 2.33. The highest BCUT2D eigenvalue weighted by atomic mass is 16.5. The van der Waals surface area contributed by atoms with Crippen LogP contribution < -0.4 is 5.32 Å². The van der Waals surface area contributed by atoms with Gasteiger partial charge in [-0.25, -0.2) is 0 Å². The lowest BCUT2D eigenvalue weighted by molar-refractivity contribution is 0.114. The summed E-state index contributed by atoms with van der Waals surface area (Å²) in [5.74, 6) is 1.72. The van der Waals surface area contributed by atoms with Gasteiger partial charge in [0.1, 0.15) is 5.76 Å². The monoisotopic (exact) mass is 225 g/mol. The Morgan fingerprint density at radius 2 is 2.44 bits per heavy atom. The molecule has 16 heavy (non-hydrogen) atoms. The van der Waals surface area contributed by atoms with Crippen LogP contribution in [-0.2, 0) is 9.47 Å². The topological polar surface area (TPSA) is 30.5 Å².